The molecular weight excluding hydrogens is 284 g/mol. The van der Waals surface area contributed by atoms with E-state index in [-0.39, 0.29) is 30.4 Å². The molecule has 0 bridgehead atoms. The van der Waals surface area contributed by atoms with Crippen LogP contribution in [-0.2, 0) is 9.53 Å². The molecule has 0 aromatic rings. The zero-order valence-electron chi connectivity index (χ0n) is 14.4. The van der Waals surface area contributed by atoms with Gasteiger partial charge in [0, 0.05) is 25.6 Å². The van der Waals surface area contributed by atoms with Crippen molar-refractivity contribution >= 4 is 12.0 Å². The topological polar surface area (TPSA) is 78.9 Å². The highest BCUT2D eigenvalue weighted by Gasteiger charge is 2.32. The van der Waals surface area contributed by atoms with Crippen LogP contribution in [0.3, 0.4) is 0 Å². The minimum atomic E-state index is -0.545. The lowest BCUT2D eigenvalue weighted by Gasteiger charge is -2.39. The molecule has 1 saturated heterocycles. The Morgan fingerprint density at radius 1 is 1.32 bits per heavy atom. The lowest BCUT2D eigenvalue weighted by molar-refractivity contribution is -0.137. The Kier molecular flexibility index (Phi) is 6.66. The van der Waals surface area contributed by atoms with Crippen LogP contribution in [0.1, 0.15) is 47.5 Å². The third-order valence-corrected chi connectivity index (χ3v) is 3.60. The van der Waals surface area contributed by atoms with E-state index in [2.05, 4.69) is 5.32 Å². The molecule has 128 valence electrons. The summed E-state index contributed by atoms with van der Waals surface area (Å²) in [6, 6.07) is -0.136. The summed E-state index contributed by atoms with van der Waals surface area (Å²) < 4.78 is 5.28. The second-order valence-corrected chi connectivity index (χ2v) is 7.36. The van der Waals surface area contributed by atoms with Crippen molar-refractivity contribution in [1.82, 2.24) is 10.2 Å². The molecule has 0 aliphatic carbocycles. The van der Waals surface area contributed by atoms with Crippen LogP contribution in [0.2, 0.25) is 0 Å². The summed E-state index contributed by atoms with van der Waals surface area (Å²) in [5, 5.41) is 12.0. The minimum Gasteiger partial charge on any atom is -0.444 e. The van der Waals surface area contributed by atoms with Crippen LogP contribution in [0.15, 0.2) is 0 Å². The smallest absolute Gasteiger partial charge is 0.407 e. The summed E-state index contributed by atoms with van der Waals surface area (Å²) in [5.41, 5.74) is -0.545. The summed E-state index contributed by atoms with van der Waals surface area (Å²) in [6.07, 6.45) is 0.926. The molecule has 0 aromatic heterocycles. The molecule has 6 nitrogen and oxygen atoms in total. The van der Waals surface area contributed by atoms with Crippen molar-refractivity contribution in [3.63, 3.8) is 0 Å². The van der Waals surface area contributed by atoms with Crippen molar-refractivity contribution in [3.8, 4) is 0 Å². The average molecular weight is 314 g/mol. The molecule has 0 saturated carbocycles. The molecular formula is C16H30N2O4. The number of piperidine rings is 1. The number of carbonyl (C=O) groups is 2. The van der Waals surface area contributed by atoms with Crippen molar-refractivity contribution in [2.45, 2.75) is 59.1 Å². The number of hydrogen-bond donors (Lipinski definition) is 2. The lowest BCUT2D eigenvalue weighted by Crippen LogP contribution is -2.54. The fourth-order valence-corrected chi connectivity index (χ4v) is 2.72. The van der Waals surface area contributed by atoms with Gasteiger partial charge in [0.15, 0.2) is 0 Å². The number of aliphatic hydroxyl groups is 1. The maximum Gasteiger partial charge on any atom is 0.407 e. The third kappa shape index (κ3) is 6.22. The molecule has 1 aliphatic heterocycles. The summed E-state index contributed by atoms with van der Waals surface area (Å²) >= 11 is 0. The van der Waals surface area contributed by atoms with Gasteiger partial charge in [-0.1, -0.05) is 13.8 Å². The van der Waals surface area contributed by atoms with Gasteiger partial charge >= 0.3 is 6.09 Å². The van der Waals surface area contributed by atoms with Crippen LogP contribution in [0.5, 0.6) is 0 Å². The number of rotatable bonds is 4. The summed E-state index contributed by atoms with van der Waals surface area (Å²) in [5.74, 6) is 0.204. The predicted octanol–water partition coefficient (Wildman–Crippen LogP) is 1.77. The van der Waals surface area contributed by atoms with E-state index in [1.807, 2.05) is 34.6 Å². The van der Waals surface area contributed by atoms with E-state index >= 15 is 0 Å². The predicted molar refractivity (Wildman–Crippen MR) is 84.4 cm³/mol. The molecule has 0 aromatic carbocycles. The molecule has 1 fully saturated rings. The number of carbonyl (C=O) groups excluding carboxylic acids is 2. The van der Waals surface area contributed by atoms with E-state index in [9.17, 15) is 9.59 Å². The normalized spacial score (nSPS) is 22.6. The maximum absolute atomic E-state index is 12.2. The molecule has 2 unspecified atom stereocenters. The number of ether oxygens (including phenoxy) is 1. The molecule has 1 heterocycles. The van der Waals surface area contributed by atoms with Gasteiger partial charge in [0.05, 0.1) is 6.04 Å². The molecule has 1 aliphatic rings. The fraction of sp³-hybridized carbons (Fsp3) is 0.875. The third-order valence-electron chi connectivity index (χ3n) is 3.60. The number of likely N-dealkylation sites (tertiary alicyclic amines) is 1. The van der Waals surface area contributed by atoms with Gasteiger partial charge in [0.1, 0.15) is 5.60 Å². The van der Waals surface area contributed by atoms with Gasteiger partial charge in [-0.3, -0.25) is 4.79 Å². The first-order valence-electron chi connectivity index (χ1n) is 8.01. The molecule has 6 heteroatoms. The Hall–Kier alpha value is -1.30. The fourth-order valence-electron chi connectivity index (χ4n) is 2.72. The summed E-state index contributed by atoms with van der Waals surface area (Å²) in [6.45, 7) is 10.4. The van der Waals surface area contributed by atoms with Gasteiger partial charge in [-0.05, 0) is 39.5 Å². The summed E-state index contributed by atoms with van der Waals surface area (Å²) in [4.78, 5) is 25.9. The van der Waals surface area contributed by atoms with Gasteiger partial charge in [-0.15, -0.1) is 0 Å². The lowest BCUT2D eigenvalue weighted by atomic mass is 9.91. The van der Waals surface area contributed by atoms with Crippen LogP contribution in [0.4, 0.5) is 4.79 Å². The second kappa shape index (κ2) is 7.81. The van der Waals surface area contributed by atoms with E-state index in [1.165, 1.54) is 0 Å². The van der Waals surface area contributed by atoms with Crippen LogP contribution >= 0.6 is 0 Å². The molecule has 2 amide bonds. The van der Waals surface area contributed by atoms with Gasteiger partial charge in [-0.2, -0.15) is 0 Å². The highest BCUT2D eigenvalue weighted by Crippen LogP contribution is 2.22. The molecule has 0 radical (unpaired) electrons. The number of hydrogen-bond acceptors (Lipinski definition) is 4. The van der Waals surface area contributed by atoms with Crippen molar-refractivity contribution in [1.29, 1.82) is 0 Å². The zero-order valence-corrected chi connectivity index (χ0v) is 14.4. The van der Waals surface area contributed by atoms with Crippen molar-refractivity contribution in [2.75, 3.05) is 19.7 Å². The van der Waals surface area contributed by atoms with Crippen molar-refractivity contribution < 1.29 is 19.4 Å². The summed E-state index contributed by atoms with van der Waals surface area (Å²) in [7, 11) is 0. The molecule has 0 spiro atoms. The largest absolute Gasteiger partial charge is 0.444 e. The van der Waals surface area contributed by atoms with Gasteiger partial charge < -0.3 is 20.1 Å². The van der Waals surface area contributed by atoms with E-state index in [0.717, 1.165) is 6.42 Å². The Balaban J connectivity index is 2.68. The zero-order chi connectivity index (χ0) is 16.9. The van der Waals surface area contributed by atoms with E-state index in [0.29, 0.717) is 19.5 Å². The molecule has 2 N–H and O–H groups in total. The standard InChI is InChI=1S/C16H30N2O4/c1-11(2)14(20)18-9-12(6-7-19)8-13(10-18)17-15(21)22-16(3,4)5/h11-13,19H,6-10H2,1-5H3,(H,17,21). The number of nitrogens with zero attached hydrogens (tertiary/aromatic N) is 1. The van der Waals surface area contributed by atoms with E-state index < -0.39 is 11.7 Å². The minimum absolute atomic E-state index is 0.0740. The quantitative estimate of drug-likeness (QED) is 0.829. The number of nitrogens with one attached hydrogen (secondary N) is 1. The average Bonchev–Trinajstić information content (AvgIpc) is 2.35. The van der Waals surface area contributed by atoms with Crippen LogP contribution in [-0.4, -0.2) is 53.3 Å². The Labute approximate surface area is 133 Å². The van der Waals surface area contributed by atoms with Crippen molar-refractivity contribution in [2.24, 2.45) is 11.8 Å². The second-order valence-electron chi connectivity index (χ2n) is 7.36. The Morgan fingerprint density at radius 3 is 2.45 bits per heavy atom. The maximum atomic E-state index is 12.2. The Morgan fingerprint density at radius 2 is 1.95 bits per heavy atom. The van der Waals surface area contributed by atoms with Crippen LogP contribution < -0.4 is 5.32 Å². The number of aliphatic hydroxyl groups excluding tert-OH is 1. The highest BCUT2D eigenvalue weighted by atomic mass is 16.6. The highest BCUT2D eigenvalue weighted by molar-refractivity contribution is 5.78. The van der Waals surface area contributed by atoms with E-state index in [4.69, 9.17) is 9.84 Å². The molecule has 2 atom stereocenters. The first kappa shape index (κ1) is 18.7. The van der Waals surface area contributed by atoms with Gasteiger partial charge in [0.2, 0.25) is 5.91 Å². The number of alkyl carbamates (subject to hydrolysis) is 1. The van der Waals surface area contributed by atoms with Gasteiger partial charge in [-0.25, -0.2) is 4.79 Å². The first-order valence-corrected chi connectivity index (χ1v) is 8.01. The number of amides is 2. The molecule has 1 rings (SSSR count). The van der Waals surface area contributed by atoms with Crippen molar-refractivity contribution in [3.05, 3.63) is 0 Å². The van der Waals surface area contributed by atoms with E-state index in [1.54, 1.807) is 4.90 Å². The SMILES string of the molecule is CC(C)C(=O)N1CC(CCO)CC(NC(=O)OC(C)(C)C)C1. The van der Waals surface area contributed by atoms with Crippen LogP contribution in [0, 0.1) is 11.8 Å². The first-order chi connectivity index (χ1) is 10.1. The van der Waals surface area contributed by atoms with Crippen LogP contribution in [0.25, 0.3) is 0 Å². The monoisotopic (exact) mass is 314 g/mol. The molecule has 22 heavy (non-hydrogen) atoms. The van der Waals surface area contributed by atoms with Gasteiger partial charge in [0.25, 0.3) is 0 Å². The Bertz CT molecular complexity index is 390.